The van der Waals surface area contributed by atoms with Gasteiger partial charge in [0.05, 0.1) is 5.69 Å². The fraction of sp³-hybridized carbons (Fsp3) is 0.130. The van der Waals surface area contributed by atoms with Gasteiger partial charge in [-0.2, -0.15) is 0 Å². The van der Waals surface area contributed by atoms with Gasteiger partial charge in [0.25, 0.3) is 0 Å². The molecule has 0 fully saturated rings. The normalized spacial score (nSPS) is 11.3. The van der Waals surface area contributed by atoms with Crippen molar-refractivity contribution < 1.29 is 14.3 Å². The monoisotopic (exact) mass is 452 g/mol. The van der Waals surface area contributed by atoms with Crippen molar-refractivity contribution in [3.63, 3.8) is 0 Å². The molecular formula is C23H21BrN2O3. The summed E-state index contributed by atoms with van der Waals surface area (Å²) in [6.07, 6.45) is -0.297. The lowest BCUT2D eigenvalue weighted by atomic mass is 10.1. The molecule has 0 saturated carbocycles. The SMILES string of the molecule is O=C(N[C@@H](Cc1ccccc1)C(=O)Nc1ccccc1Br)OCc1ccccc1. The first-order chi connectivity index (χ1) is 14.1. The third-order valence-electron chi connectivity index (χ3n) is 4.24. The van der Waals surface area contributed by atoms with Gasteiger partial charge in [-0.15, -0.1) is 0 Å². The number of carbonyl (C=O) groups excluding carboxylic acids is 2. The van der Waals surface area contributed by atoms with Crippen LogP contribution in [0.5, 0.6) is 0 Å². The Kier molecular flexibility index (Phi) is 7.41. The summed E-state index contributed by atoms with van der Waals surface area (Å²) in [5, 5.41) is 5.54. The molecule has 0 aliphatic carbocycles. The Balaban J connectivity index is 1.67. The minimum atomic E-state index is -0.784. The average molecular weight is 453 g/mol. The van der Waals surface area contributed by atoms with Crippen molar-refractivity contribution in [3.05, 3.63) is 101 Å². The highest BCUT2D eigenvalue weighted by molar-refractivity contribution is 9.10. The predicted molar refractivity (Wildman–Crippen MR) is 116 cm³/mol. The van der Waals surface area contributed by atoms with Gasteiger partial charge >= 0.3 is 6.09 Å². The van der Waals surface area contributed by atoms with Crippen LogP contribution in [0.4, 0.5) is 10.5 Å². The van der Waals surface area contributed by atoms with Crippen LogP contribution in [0.3, 0.4) is 0 Å². The minimum Gasteiger partial charge on any atom is -0.445 e. The topological polar surface area (TPSA) is 67.4 Å². The lowest BCUT2D eigenvalue weighted by Gasteiger charge is -2.19. The van der Waals surface area contributed by atoms with Gasteiger partial charge in [-0.1, -0.05) is 72.8 Å². The van der Waals surface area contributed by atoms with Crippen LogP contribution in [0.15, 0.2) is 89.4 Å². The largest absolute Gasteiger partial charge is 0.445 e. The van der Waals surface area contributed by atoms with Gasteiger partial charge in [0.1, 0.15) is 12.6 Å². The maximum absolute atomic E-state index is 12.9. The number of halogens is 1. The molecule has 0 aliphatic heterocycles. The van der Waals surface area contributed by atoms with E-state index in [0.29, 0.717) is 12.1 Å². The van der Waals surface area contributed by atoms with Gasteiger partial charge in [0, 0.05) is 10.9 Å². The zero-order valence-corrected chi connectivity index (χ0v) is 17.3. The number of hydrogen-bond acceptors (Lipinski definition) is 3. The van der Waals surface area contributed by atoms with E-state index in [1.54, 1.807) is 6.07 Å². The van der Waals surface area contributed by atoms with Crippen LogP contribution in [-0.2, 0) is 22.6 Å². The number of para-hydroxylation sites is 1. The highest BCUT2D eigenvalue weighted by atomic mass is 79.9. The first-order valence-corrected chi connectivity index (χ1v) is 9.97. The molecule has 3 aromatic rings. The Labute approximate surface area is 178 Å². The standard InChI is InChI=1S/C23H21BrN2O3/c24-19-13-7-8-14-20(19)25-22(27)21(15-17-9-3-1-4-10-17)26-23(28)29-16-18-11-5-2-6-12-18/h1-14,21H,15-16H2,(H,25,27)(H,26,28)/t21-/m0/s1. The van der Waals surface area contributed by atoms with E-state index in [-0.39, 0.29) is 12.5 Å². The zero-order valence-electron chi connectivity index (χ0n) is 15.7. The fourth-order valence-corrected chi connectivity index (χ4v) is 3.13. The van der Waals surface area contributed by atoms with Gasteiger partial charge in [0.2, 0.25) is 5.91 Å². The van der Waals surface area contributed by atoms with Crippen LogP contribution >= 0.6 is 15.9 Å². The number of benzene rings is 3. The van der Waals surface area contributed by atoms with E-state index in [2.05, 4.69) is 26.6 Å². The molecule has 0 radical (unpaired) electrons. The smallest absolute Gasteiger partial charge is 0.408 e. The molecule has 0 heterocycles. The van der Waals surface area contributed by atoms with E-state index < -0.39 is 12.1 Å². The summed E-state index contributed by atoms with van der Waals surface area (Å²) in [7, 11) is 0. The summed E-state index contributed by atoms with van der Waals surface area (Å²) in [6, 6.07) is 25.4. The molecule has 6 heteroatoms. The minimum absolute atomic E-state index is 0.135. The van der Waals surface area contributed by atoms with Crippen LogP contribution in [0, 0.1) is 0 Å². The van der Waals surface area contributed by atoms with Crippen molar-refractivity contribution in [2.45, 2.75) is 19.1 Å². The second-order valence-electron chi connectivity index (χ2n) is 6.42. The Morgan fingerprint density at radius 3 is 2.07 bits per heavy atom. The molecule has 5 nitrogen and oxygen atoms in total. The summed E-state index contributed by atoms with van der Waals surface area (Å²) in [5.74, 6) is -0.322. The van der Waals surface area contributed by atoms with Crippen molar-refractivity contribution in [1.82, 2.24) is 5.32 Å². The van der Waals surface area contributed by atoms with Crippen molar-refractivity contribution >= 4 is 33.6 Å². The second-order valence-corrected chi connectivity index (χ2v) is 7.27. The number of rotatable bonds is 7. The number of ether oxygens (including phenoxy) is 1. The third kappa shape index (κ3) is 6.47. The molecule has 2 N–H and O–H groups in total. The molecule has 0 saturated heterocycles. The van der Waals surface area contributed by atoms with Crippen LogP contribution in [-0.4, -0.2) is 18.0 Å². The summed E-state index contributed by atoms with van der Waals surface area (Å²) in [6.45, 7) is 0.135. The molecular weight excluding hydrogens is 432 g/mol. The lowest BCUT2D eigenvalue weighted by Crippen LogP contribution is -2.45. The van der Waals surface area contributed by atoms with Gasteiger partial charge in [0.15, 0.2) is 0 Å². The van der Waals surface area contributed by atoms with Crippen molar-refractivity contribution in [1.29, 1.82) is 0 Å². The lowest BCUT2D eigenvalue weighted by molar-refractivity contribution is -0.118. The summed E-state index contributed by atoms with van der Waals surface area (Å²) in [4.78, 5) is 25.2. The molecule has 0 unspecified atom stereocenters. The number of anilines is 1. The van der Waals surface area contributed by atoms with Gasteiger partial charge < -0.3 is 15.4 Å². The fourth-order valence-electron chi connectivity index (χ4n) is 2.75. The summed E-state index contributed by atoms with van der Waals surface area (Å²) in [5.41, 5.74) is 2.44. The zero-order chi connectivity index (χ0) is 20.5. The molecule has 0 aromatic heterocycles. The number of alkyl carbamates (subject to hydrolysis) is 1. The van der Waals surface area contributed by atoms with Crippen LogP contribution in [0.1, 0.15) is 11.1 Å². The molecule has 3 aromatic carbocycles. The van der Waals surface area contributed by atoms with E-state index in [1.165, 1.54) is 0 Å². The van der Waals surface area contributed by atoms with E-state index in [0.717, 1.165) is 15.6 Å². The predicted octanol–water partition coefficient (Wildman–Crippen LogP) is 4.93. The highest BCUT2D eigenvalue weighted by Crippen LogP contribution is 2.21. The Morgan fingerprint density at radius 1 is 0.828 bits per heavy atom. The quantitative estimate of drug-likeness (QED) is 0.534. The summed E-state index contributed by atoms with van der Waals surface area (Å²) >= 11 is 3.42. The highest BCUT2D eigenvalue weighted by Gasteiger charge is 2.22. The third-order valence-corrected chi connectivity index (χ3v) is 4.93. The van der Waals surface area contributed by atoms with Crippen LogP contribution < -0.4 is 10.6 Å². The number of carbonyl (C=O) groups is 2. The Bertz CT molecular complexity index is 949. The van der Waals surface area contributed by atoms with Crippen molar-refractivity contribution in [2.75, 3.05) is 5.32 Å². The van der Waals surface area contributed by atoms with Gasteiger partial charge in [-0.3, -0.25) is 4.79 Å². The Hall–Kier alpha value is -3.12. The molecule has 148 valence electrons. The molecule has 29 heavy (non-hydrogen) atoms. The number of hydrogen-bond donors (Lipinski definition) is 2. The molecule has 3 rings (SSSR count). The number of amides is 2. The molecule has 0 bridgehead atoms. The van der Waals surface area contributed by atoms with Crippen molar-refractivity contribution in [2.24, 2.45) is 0 Å². The van der Waals surface area contributed by atoms with Gasteiger partial charge in [-0.25, -0.2) is 4.79 Å². The Morgan fingerprint density at radius 2 is 1.41 bits per heavy atom. The van der Waals surface area contributed by atoms with E-state index >= 15 is 0 Å². The first kappa shape index (κ1) is 20.6. The van der Waals surface area contributed by atoms with Gasteiger partial charge in [-0.05, 0) is 39.2 Å². The second kappa shape index (κ2) is 10.4. The van der Waals surface area contributed by atoms with E-state index in [4.69, 9.17) is 4.74 Å². The molecule has 0 aliphatic rings. The molecule has 2 amide bonds. The average Bonchev–Trinajstić information content (AvgIpc) is 2.75. The molecule has 0 spiro atoms. The maximum atomic E-state index is 12.9. The van der Waals surface area contributed by atoms with Crippen LogP contribution in [0.25, 0.3) is 0 Å². The van der Waals surface area contributed by atoms with Crippen molar-refractivity contribution in [3.8, 4) is 0 Å². The maximum Gasteiger partial charge on any atom is 0.408 e. The summed E-state index contributed by atoms with van der Waals surface area (Å²) < 4.78 is 6.04. The first-order valence-electron chi connectivity index (χ1n) is 9.18. The number of nitrogens with one attached hydrogen (secondary N) is 2. The van der Waals surface area contributed by atoms with Crippen LogP contribution in [0.2, 0.25) is 0 Å². The van der Waals surface area contributed by atoms with E-state index in [1.807, 2.05) is 78.9 Å². The molecule has 1 atom stereocenters. The van der Waals surface area contributed by atoms with E-state index in [9.17, 15) is 9.59 Å².